The van der Waals surface area contributed by atoms with Crippen molar-refractivity contribution in [1.29, 1.82) is 0 Å². The number of nitrogens with zero attached hydrogens (tertiary/aromatic N) is 2. The number of rotatable bonds is 7. The molecule has 22 heavy (non-hydrogen) atoms. The molecular weight excluding hydrogens is 272 g/mol. The lowest BCUT2D eigenvalue weighted by molar-refractivity contribution is 0.210. The first-order valence-corrected chi connectivity index (χ1v) is 8.38. The van der Waals surface area contributed by atoms with E-state index in [1.807, 2.05) is 0 Å². The van der Waals surface area contributed by atoms with E-state index in [4.69, 9.17) is 5.11 Å². The fraction of sp³-hybridized carbons (Fsp3) is 0.474. The molecule has 1 saturated heterocycles. The number of aliphatic hydroxyl groups excluding tert-OH is 1. The highest BCUT2D eigenvalue weighted by atomic mass is 16.2. The average molecular weight is 298 g/mol. The summed E-state index contributed by atoms with van der Waals surface area (Å²) in [7, 11) is 0. The van der Waals surface area contributed by atoms with Crippen LogP contribution in [0, 0.1) is 0 Å². The number of aromatic nitrogens is 1. The number of aliphatic hydroxyl groups is 1. The Morgan fingerprint density at radius 2 is 1.91 bits per heavy atom. The molecule has 2 heterocycles. The lowest BCUT2D eigenvalue weighted by Crippen LogP contribution is -2.28. The zero-order valence-corrected chi connectivity index (χ0v) is 13.2. The van der Waals surface area contributed by atoms with E-state index in [0.717, 1.165) is 25.9 Å². The first-order chi connectivity index (χ1) is 10.8. The predicted molar refractivity (Wildman–Crippen MR) is 89.7 cm³/mol. The van der Waals surface area contributed by atoms with E-state index in [9.17, 15) is 0 Å². The number of hydrogen-bond donors (Lipinski definition) is 1. The number of likely N-dealkylation sites (tertiary alicyclic amines) is 1. The Balaban J connectivity index is 1.57. The van der Waals surface area contributed by atoms with Crippen molar-refractivity contribution in [3.8, 4) is 0 Å². The Morgan fingerprint density at radius 3 is 2.73 bits per heavy atom. The van der Waals surface area contributed by atoms with Gasteiger partial charge in [0.25, 0.3) is 0 Å². The maximum atomic E-state index is 9.02. The minimum absolute atomic E-state index is 0.317. The van der Waals surface area contributed by atoms with E-state index in [2.05, 4.69) is 58.3 Å². The highest BCUT2D eigenvalue weighted by Crippen LogP contribution is 2.23. The molecule has 118 valence electrons. The van der Waals surface area contributed by atoms with Crippen LogP contribution in [0.3, 0.4) is 0 Å². The molecule has 3 heteroatoms. The van der Waals surface area contributed by atoms with Gasteiger partial charge in [-0.15, -0.1) is 0 Å². The standard InChI is InChI=1S/C19H26N2O/c22-13-5-9-19-8-4-11-21(19)16-18-10-12-20(15-18)14-17-6-2-1-3-7-17/h1-3,6-7,10,12,15,19,22H,4-5,8-9,11,13-14,16H2. The molecule has 1 unspecified atom stereocenters. The van der Waals surface area contributed by atoms with Crippen molar-refractivity contribution >= 4 is 0 Å². The van der Waals surface area contributed by atoms with Crippen LogP contribution in [0.1, 0.15) is 36.8 Å². The highest BCUT2D eigenvalue weighted by molar-refractivity contribution is 5.17. The molecule has 1 N–H and O–H groups in total. The van der Waals surface area contributed by atoms with Crippen LogP contribution in [-0.4, -0.2) is 33.8 Å². The summed E-state index contributed by atoms with van der Waals surface area (Å²) in [6.45, 7) is 3.49. The highest BCUT2D eigenvalue weighted by Gasteiger charge is 2.23. The van der Waals surface area contributed by atoms with Gasteiger partial charge in [0.1, 0.15) is 0 Å². The van der Waals surface area contributed by atoms with Crippen molar-refractivity contribution in [2.45, 2.75) is 44.8 Å². The zero-order valence-electron chi connectivity index (χ0n) is 13.2. The average Bonchev–Trinajstić information content (AvgIpc) is 3.16. The smallest absolute Gasteiger partial charge is 0.0470 e. The SMILES string of the molecule is OCCCC1CCCN1Cc1ccn(Cc2ccccc2)c1. The van der Waals surface area contributed by atoms with Gasteiger partial charge in [-0.1, -0.05) is 30.3 Å². The summed E-state index contributed by atoms with van der Waals surface area (Å²) in [4.78, 5) is 2.58. The normalized spacial score (nSPS) is 18.9. The Kier molecular flexibility index (Phi) is 5.30. The lowest BCUT2D eigenvalue weighted by Gasteiger charge is -2.23. The molecule has 3 nitrogen and oxygen atoms in total. The minimum Gasteiger partial charge on any atom is -0.396 e. The molecule has 1 aromatic heterocycles. The van der Waals surface area contributed by atoms with Gasteiger partial charge in [-0.05, 0) is 49.4 Å². The Hall–Kier alpha value is -1.58. The molecule has 3 rings (SSSR count). The molecule has 0 amide bonds. The minimum atomic E-state index is 0.317. The van der Waals surface area contributed by atoms with Crippen LogP contribution >= 0.6 is 0 Å². The largest absolute Gasteiger partial charge is 0.396 e. The van der Waals surface area contributed by atoms with E-state index in [1.54, 1.807) is 0 Å². The first-order valence-electron chi connectivity index (χ1n) is 8.38. The fourth-order valence-electron chi connectivity index (χ4n) is 3.47. The molecule has 0 radical (unpaired) electrons. The summed E-state index contributed by atoms with van der Waals surface area (Å²) >= 11 is 0. The van der Waals surface area contributed by atoms with Gasteiger partial charge in [-0.25, -0.2) is 0 Å². The molecule has 0 bridgehead atoms. The van der Waals surface area contributed by atoms with E-state index < -0.39 is 0 Å². The summed E-state index contributed by atoms with van der Waals surface area (Å²) in [5.74, 6) is 0. The van der Waals surface area contributed by atoms with Crippen LogP contribution < -0.4 is 0 Å². The monoisotopic (exact) mass is 298 g/mol. The zero-order chi connectivity index (χ0) is 15.2. The van der Waals surface area contributed by atoms with E-state index in [-0.39, 0.29) is 0 Å². The summed E-state index contributed by atoms with van der Waals surface area (Å²) in [6, 6.07) is 13.5. The van der Waals surface area contributed by atoms with Crippen molar-refractivity contribution in [3.63, 3.8) is 0 Å². The third-order valence-electron chi connectivity index (χ3n) is 4.60. The molecule has 0 spiro atoms. The van der Waals surface area contributed by atoms with Crippen LogP contribution in [0.4, 0.5) is 0 Å². The van der Waals surface area contributed by atoms with Crippen LogP contribution in [0.5, 0.6) is 0 Å². The van der Waals surface area contributed by atoms with Gasteiger partial charge >= 0.3 is 0 Å². The van der Waals surface area contributed by atoms with Crippen molar-refractivity contribution < 1.29 is 5.11 Å². The van der Waals surface area contributed by atoms with Gasteiger partial charge in [-0.3, -0.25) is 4.90 Å². The van der Waals surface area contributed by atoms with E-state index in [1.165, 1.54) is 30.5 Å². The van der Waals surface area contributed by atoms with Crippen LogP contribution in [0.25, 0.3) is 0 Å². The quantitative estimate of drug-likeness (QED) is 0.850. The molecule has 1 atom stereocenters. The van der Waals surface area contributed by atoms with Crippen LogP contribution in [-0.2, 0) is 13.1 Å². The molecular formula is C19H26N2O. The number of benzene rings is 1. The van der Waals surface area contributed by atoms with Gasteiger partial charge in [-0.2, -0.15) is 0 Å². The van der Waals surface area contributed by atoms with E-state index >= 15 is 0 Å². The van der Waals surface area contributed by atoms with Gasteiger partial charge in [0.05, 0.1) is 0 Å². The summed E-state index contributed by atoms with van der Waals surface area (Å²) in [5.41, 5.74) is 2.73. The first kappa shape index (κ1) is 15.3. The Labute approximate surface area is 133 Å². The maximum Gasteiger partial charge on any atom is 0.0470 e. The molecule has 0 aliphatic carbocycles. The second-order valence-electron chi connectivity index (χ2n) is 6.31. The van der Waals surface area contributed by atoms with Gasteiger partial charge < -0.3 is 9.67 Å². The Bertz CT molecular complexity index is 564. The Morgan fingerprint density at radius 1 is 1.05 bits per heavy atom. The molecule has 1 aliphatic heterocycles. The fourth-order valence-corrected chi connectivity index (χ4v) is 3.47. The van der Waals surface area contributed by atoms with Crippen molar-refractivity contribution in [2.24, 2.45) is 0 Å². The lowest BCUT2D eigenvalue weighted by atomic mass is 10.1. The second-order valence-corrected chi connectivity index (χ2v) is 6.31. The van der Waals surface area contributed by atoms with Crippen LogP contribution in [0.2, 0.25) is 0 Å². The van der Waals surface area contributed by atoms with Crippen LogP contribution in [0.15, 0.2) is 48.8 Å². The van der Waals surface area contributed by atoms with Crippen molar-refractivity contribution in [1.82, 2.24) is 9.47 Å². The predicted octanol–water partition coefficient (Wildman–Crippen LogP) is 3.27. The van der Waals surface area contributed by atoms with E-state index in [0.29, 0.717) is 12.6 Å². The van der Waals surface area contributed by atoms with Crippen molar-refractivity contribution in [2.75, 3.05) is 13.2 Å². The molecule has 1 aliphatic rings. The molecule has 0 saturated carbocycles. The molecule has 1 aromatic carbocycles. The maximum absolute atomic E-state index is 9.02. The topological polar surface area (TPSA) is 28.4 Å². The van der Waals surface area contributed by atoms with Gasteiger partial charge in [0, 0.05) is 38.1 Å². The summed E-state index contributed by atoms with van der Waals surface area (Å²) in [6.07, 6.45) is 9.08. The number of hydrogen-bond acceptors (Lipinski definition) is 2. The molecule has 2 aromatic rings. The van der Waals surface area contributed by atoms with Gasteiger partial charge in [0.15, 0.2) is 0 Å². The van der Waals surface area contributed by atoms with Gasteiger partial charge in [0.2, 0.25) is 0 Å². The second kappa shape index (κ2) is 7.61. The summed E-state index contributed by atoms with van der Waals surface area (Å²) < 4.78 is 2.27. The van der Waals surface area contributed by atoms with Crippen molar-refractivity contribution in [3.05, 3.63) is 59.9 Å². The third kappa shape index (κ3) is 3.99. The summed E-state index contributed by atoms with van der Waals surface area (Å²) in [5, 5.41) is 9.02. The molecule has 1 fully saturated rings. The third-order valence-corrected chi connectivity index (χ3v) is 4.60.